The SMILES string of the molecule is CN=C(C=C(N)C1CC1)N=C1NC(C)=NC2Nc3cc(-c4c(C)noc4C)c(OC)c(F)c3C12. The predicted octanol–water partition coefficient (Wildman–Crippen LogP) is 3.64. The number of nitrogens with two attached hydrogens (primary N) is 1. The summed E-state index contributed by atoms with van der Waals surface area (Å²) in [7, 11) is 3.12. The van der Waals surface area contributed by atoms with E-state index in [2.05, 4.69) is 25.8 Å². The Kier molecular flexibility index (Phi) is 5.38. The molecule has 1 saturated carbocycles. The number of allylic oxidation sites excluding steroid dienone is 1. The lowest BCUT2D eigenvalue weighted by Crippen LogP contribution is -2.44. The molecule has 34 heavy (non-hydrogen) atoms. The van der Waals surface area contributed by atoms with Gasteiger partial charge in [0.15, 0.2) is 17.4 Å². The van der Waals surface area contributed by atoms with Crippen molar-refractivity contribution in [1.82, 2.24) is 10.5 Å². The van der Waals surface area contributed by atoms with E-state index in [4.69, 9.17) is 20.0 Å². The van der Waals surface area contributed by atoms with Crippen LogP contribution in [-0.2, 0) is 0 Å². The number of nitrogens with one attached hydrogen (secondary N) is 2. The molecular formula is C24H28FN7O2. The number of hydrogen-bond donors (Lipinski definition) is 3. The molecule has 0 radical (unpaired) electrons. The fourth-order valence-corrected chi connectivity index (χ4v) is 4.67. The molecule has 3 aliphatic rings. The number of aromatic nitrogens is 1. The van der Waals surface area contributed by atoms with Gasteiger partial charge >= 0.3 is 0 Å². The summed E-state index contributed by atoms with van der Waals surface area (Å²) in [6.07, 6.45) is 3.54. The van der Waals surface area contributed by atoms with Gasteiger partial charge in [-0.1, -0.05) is 5.16 Å². The second-order valence-corrected chi connectivity index (χ2v) is 8.84. The summed E-state index contributed by atoms with van der Waals surface area (Å²) >= 11 is 0. The van der Waals surface area contributed by atoms with E-state index >= 15 is 4.39 Å². The van der Waals surface area contributed by atoms with Gasteiger partial charge in [-0.2, -0.15) is 0 Å². The first-order valence-corrected chi connectivity index (χ1v) is 11.3. The van der Waals surface area contributed by atoms with Crippen molar-refractivity contribution in [1.29, 1.82) is 0 Å². The van der Waals surface area contributed by atoms with Crippen LogP contribution in [0.15, 0.2) is 37.3 Å². The maximum absolute atomic E-state index is 16.1. The molecule has 178 valence electrons. The molecule has 0 saturated heterocycles. The number of hydrogen-bond acceptors (Lipinski definition) is 7. The van der Waals surface area contributed by atoms with E-state index in [1.54, 1.807) is 20.0 Å². The minimum atomic E-state index is -0.487. The third-order valence-corrected chi connectivity index (χ3v) is 6.44. The highest BCUT2D eigenvalue weighted by Crippen LogP contribution is 2.48. The molecule has 5 rings (SSSR count). The lowest BCUT2D eigenvalue weighted by molar-refractivity contribution is 0.385. The lowest BCUT2D eigenvalue weighted by Gasteiger charge is -2.26. The molecule has 0 bridgehead atoms. The molecule has 1 aromatic heterocycles. The third-order valence-electron chi connectivity index (χ3n) is 6.44. The zero-order chi connectivity index (χ0) is 24.1. The van der Waals surface area contributed by atoms with Crippen LogP contribution in [0.3, 0.4) is 0 Å². The van der Waals surface area contributed by atoms with Crippen LogP contribution in [0, 0.1) is 25.6 Å². The number of nitrogens with zero attached hydrogens (tertiary/aromatic N) is 4. The predicted molar refractivity (Wildman–Crippen MR) is 130 cm³/mol. The number of amidine groups is 3. The number of benzene rings is 1. The second kappa shape index (κ2) is 8.27. The van der Waals surface area contributed by atoms with Crippen molar-refractivity contribution in [2.45, 2.75) is 45.7 Å². The van der Waals surface area contributed by atoms with Crippen molar-refractivity contribution >= 4 is 23.2 Å². The zero-order valence-corrected chi connectivity index (χ0v) is 19.9. The van der Waals surface area contributed by atoms with E-state index in [0.29, 0.717) is 57.3 Å². The van der Waals surface area contributed by atoms with Crippen LogP contribution >= 0.6 is 0 Å². The highest BCUT2D eigenvalue weighted by atomic mass is 19.1. The molecule has 3 heterocycles. The van der Waals surface area contributed by atoms with Gasteiger partial charge in [0, 0.05) is 35.6 Å². The monoisotopic (exact) mass is 465 g/mol. The van der Waals surface area contributed by atoms with Gasteiger partial charge in [0.2, 0.25) is 0 Å². The normalized spacial score (nSPS) is 23.2. The largest absolute Gasteiger partial charge is 0.493 e. The highest BCUT2D eigenvalue weighted by Gasteiger charge is 2.43. The van der Waals surface area contributed by atoms with Crippen molar-refractivity contribution in [3.05, 3.63) is 40.7 Å². The average molecular weight is 466 g/mol. The Balaban J connectivity index is 1.63. The van der Waals surface area contributed by atoms with Gasteiger partial charge in [-0.15, -0.1) is 0 Å². The first-order chi connectivity index (χ1) is 16.3. The molecule has 4 N–H and O–H groups in total. The molecule has 2 unspecified atom stereocenters. The number of aryl methyl sites for hydroxylation is 2. The smallest absolute Gasteiger partial charge is 0.171 e. The van der Waals surface area contributed by atoms with E-state index in [0.717, 1.165) is 18.5 Å². The molecular weight excluding hydrogens is 437 g/mol. The zero-order valence-electron chi connectivity index (χ0n) is 19.9. The minimum absolute atomic E-state index is 0.128. The summed E-state index contributed by atoms with van der Waals surface area (Å²) in [4.78, 5) is 13.7. The average Bonchev–Trinajstić information content (AvgIpc) is 3.51. The molecule has 1 aliphatic carbocycles. The molecule has 2 aliphatic heterocycles. The quantitative estimate of drug-likeness (QED) is 0.468. The summed E-state index contributed by atoms with van der Waals surface area (Å²) in [6, 6.07) is 1.87. The standard InChI is InChI=1S/C24H28FN7O2/c1-10-18(11(2)34-32-10)14-8-16-19(21(25)22(14)33-5)20-23(30-16)28-12(3)29-24(20)31-17(27-4)9-15(26)13-6-7-13/h8-9,13,20,23,30H,6-7,26H2,1-5H3,(H,27,28,29,31). The maximum Gasteiger partial charge on any atom is 0.171 e. The van der Waals surface area contributed by atoms with Gasteiger partial charge in [-0.05, 0) is 45.6 Å². The molecule has 2 atom stereocenters. The fourth-order valence-electron chi connectivity index (χ4n) is 4.67. The van der Waals surface area contributed by atoms with Crippen LogP contribution < -0.4 is 21.1 Å². The first-order valence-electron chi connectivity index (χ1n) is 11.3. The van der Waals surface area contributed by atoms with Gasteiger partial charge in [-0.3, -0.25) is 4.99 Å². The van der Waals surface area contributed by atoms with Gasteiger partial charge in [0.1, 0.15) is 23.6 Å². The van der Waals surface area contributed by atoms with Crippen molar-refractivity contribution in [3.8, 4) is 16.9 Å². The van der Waals surface area contributed by atoms with Gasteiger partial charge in [-0.25, -0.2) is 14.4 Å². The molecule has 0 spiro atoms. The number of rotatable bonds is 4. The van der Waals surface area contributed by atoms with Crippen LogP contribution in [0.4, 0.5) is 10.1 Å². The Bertz CT molecular complexity index is 1270. The van der Waals surface area contributed by atoms with Gasteiger partial charge in [0.05, 0.1) is 24.3 Å². The molecule has 1 fully saturated rings. The second-order valence-electron chi connectivity index (χ2n) is 8.84. The van der Waals surface area contributed by atoms with Gasteiger partial charge < -0.3 is 25.6 Å². The lowest BCUT2D eigenvalue weighted by atomic mass is 9.92. The molecule has 9 nitrogen and oxygen atoms in total. The van der Waals surface area contributed by atoms with E-state index in [1.165, 1.54) is 7.11 Å². The Morgan fingerprint density at radius 2 is 2.09 bits per heavy atom. The van der Waals surface area contributed by atoms with Crippen molar-refractivity contribution in [2.75, 3.05) is 19.5 Å². The van der Waals surface area contributed by atoms with E-state index in [-0.39, 0.29) is 5.75 Å². The highest BCUT2D eigenvalue weighted by molar-refractivity contribution is 6.13. The Morgan fingerprint density at radius 1 is 1.32 bits per heavy atom. The Labute approximate surface area is 197 Å². The molecule has 10 heteroatoms. The van der Waals surface area contributed by atoms with E-state index < -0.39 is 17.9 Å². The van der Waals surface area contributed by atoms with Crippen molar-refractivity contribution in [2.24, 2.45) is 26.6 Å². The Hall–Kier alpha value is -3.69. The van der Waals surface area contributed by atoms with Crippen LogP contribution in [0.25, 0.3) is 11.1 Å². The van der Waals surface area contributed by atoms with Crippen LogP contribution in [0.5, 0.6) is 5.75 Å². The fraction of sp³-hybridized carbons (Fsp3) is 0.417. The van der Waals surface area contributed by atoms with Crippen molar-refractivity contribution in [3.63, 3.8) is 0 Å². The number of aliphatic imine (C=N–C) groups is 3. The van der Waals surface area contributed by atoms with Gasteiger partial charge in [0.25, 0.3) is 0 Å². The van der Waals surface area contributed by atoms with Crippen molar-refractivity contribution < 1.29 is 13.7 Å². The number of methoxy groups -OCH3 is 1. The number of fused-ring (bicyclic) bond motifs is 3. The molecule has 0 amide bonds. The molecule has 2 aromatic rings. The summed E-state index contributed by atoms with van der Waals surface area (Å²) in [5.74, 6) is 1.86. The van der Waals surface area contributed by atoms with Crippen LogP contribution in [0.2, 0.25) is 0 Å². The first kappa shape index (κ1) is 22.1. The van der Waals surface area contributed by atoms with E-state index in [9.17, 15) is 0 Å². The third kappa shape index (κ3) is 3.63. The number of halogens is 1. The minimum Gasteiger partial charge on any atom is -0.493 e. The summed E-state index contributed by atoms with van der Waals surface area (Å²) in [6.45, 7) is 5.46. The van der Waals surface area contributed by atoms with Crippen LogP contribution in [0.1, 0.15) is 42.7 Å². The Morgan fingerprint density at radius 3 is 2.71 bits per heavy atom. The summed E-state index contributed by atoms with van der Waals surface area (Å²) < 4.78 is 26.9. The maximum atomic E-state index is 16.1. The molecule has 1 aromatic carbocycles. The van der Waals surface area contributed by atoms with E-state index in [1.807, 2.05) is 19.9 Å². The topological polar surface area (TPSA) is 122 Å². The summed E-state index contributed by atoms with van der Waals surface area (Å²) in [5, 5.41) is 10.6. The summed E-state index contributed by atoms with van der Waals surface area (Å²) in [5.41, 5.74) is 9.96. The van der Waals surface area contributed by atoms with Crippen LogP contribution in [-0.4, -0.2) is 43.0 Å². The number of ether oxygens (including phenoxy) is 1. The number of anilines is 1.